The minimum Gasteiger partial charge on any atom is -0.454 e. The molecule has 0 atom stereocenters. The number of aromatic nitrogens is 1. The summed E-state index contributed by atoms with van der Waals surface area (Å²) in [5.41, 5.74) is 4.26. The fourth-order valence-electron chi connectivity index (χ4n) is 1.80. The Bertz CT molecular complexity index is 637. The molecule has 0 radical (unpaired) electrons. The molecule has 2 heterocycles. The van der Waals surface area contributed by atoms with Crippen LogP contribution in [-0.2, 0) is 6.18 Å². The highest BCUT2D eigenvalue weighted by Crippen LogP contribution is 2.44. The minimum atomic E-state index is -4.55. The van der Waals surface area contributed by atoms with Crippen LogP contribution in [0.4, 0.5) is 19.1 Å². The van der Waals surface area contributed by atoms with Gasteiger partial charge < -0.3 is 19.7 Å². The minimum absolute atomic E-state index is 0.0110. The Morgan fingerprint density at radius 3 is 2.37 bits per heavy atom. The topological polar surface area (TPSA) is 70.5 Å². The summed E-state index contributed by atoms with van der Waals surface area (Å²) in [7, 11) is 0. The van der Waals surface area contributed by atoms with Gasteiger partial charge in [-0.15, -0.1) is 0 Å². The van der Waals surface area contributed by atoms with Gasteiger partial charge >= 0.3 is 6.18 Å². The number of hydrogen-bond donors (Lipinski definition) is 1. The van der Waals surface area contributed by atoms with Crippen LogP contribution >= 0.6 is 0 Å². The molecule has 100 valence electrons. The molecule has 1 aliphatic heterocycles. The SMILES string of the molecule is Nc1cc(-c2cc3c(cc2C(F)(F)F)OCO3)no1. The quantitative estimate of drug-likeness (QED) is 0.864. The van der Waals surface area contributed by atoms with Crippen molar-refractivity contribution in [3.63, 3.8) is 0 Å². The molecule has 0 fully saturated rings. The van der Waals surface area contributed by atoms with Gasteiger partial charge in [0.2, 0.25) is 12.7 Å². The van der Waals surface area contributed by atoms with Gasteiger partial charge in [0.05, 0.1) is 5.56 Å². The normalized spacial score (nSPS) is 13.8. The molecular formula is C11H7F3N2O3. The number of ether oxygens (including phenoxy) is 2. The molecule has 0 amide bonds. The van der Waals surface area contributed by atoms with Gasteiger partial charge in [0.15, 0.2) is 11.5 Å². The van der Waals surface area contributed by atoms with Crippen molar-refractivity contribution < 1.29 is 27.2 Å². The van der Waals surface area contributed by atoms with Gasteiger partial charge in [-0.05, 0) is 12.1 Å². The van der Waals surface area contributed by atoms with Crippen molar-refractivity contribution in [1.29, 1.82) is 0 Å². The molecule has 2 aromatic rings. The third-order valence-corrected chi connectivity index (χ3v) is 2.62. The summed E-state index contributed by atoms with van der Waals surface area (Å²) < 4.78 is 53.7. The second-order valence-corrected chi connectivity index (χ2v) is 3.86. The summed E-state index contributed by atoms with van der Waals surface area (Å²) in [4.78, 5) is 0. The number of nitrogens with zero attached hydrogens (tertiary/aromatic N) is 1. The van der Waals surface area contributed by atoms with Gasteiger partial charge in [-0.1, -0.05) is 5.16 Å². The Kier molecular flexibility index (Phi) is 2.34. The molecule has 0 unspecified atom stereocenters. The Labute approximate surface area is 104 Å². The predicted octanol–water partition coefficient (Wildman–Crippen LogP) is 2.67. The Morgan fingerprint density at radius 1 is 1.11 bits per heavy atom. The molecular weight excluding hydrogens is 265 g/mol. The lowest BCUT2D eigenvalue weighted by Gasteiger charge is -2.11. The van der Waals surface area contributed by atoms with E-state index in [0.717, 1.165) is 6.07 Å². The Hall–Kier alpha value is -2.38. The summed E-state index contributed by atoms with van der Waals surface area (Å²) >= 11 is 0. The Morgan fingerprint density at radius 2 is 1.79 bits per heavy atom. The first-order chi connectivity index (χ1) is 8.95. The van der Waals surface area contributed by atoms with E-state index in [9.17, 15) is 13.2 Å². The summed E-state index contributed by atoms with van der Waals surface area (Å²) in [6, 6.07) is 3.30. The van der Waals surface area contributed by atoms with Crippen molar-refractivity contribution in [3.05, 3.63) is 23.8 Å². The number of benzene rings is 1. The van der Waals surface area contributed by atoms with Gasteiger partial charge in [0, 0.05) is 11.6 Å². The third kappa shape index (κ3) is 1.94. The molecule has 0 spiro atoms. The zero-order valence-corrected chi connectivity index (χ0v) is 9.32. The predicted molar refractivity (Wildman–Crippen MR) is 57.5 cm³/mol. The molecule has 0 aliphatic carbocycles. The lowest BCUT2D eigenvalue weighted by atomic mass is 10.0. The second kappa shape index (κ2) is 3.81. The molecule has 5 nitrogen and oxygen atoms in total. The van der Waals surface area contributed by atoms with E-state index in [1.807, 2.05) is 0 Å². The van der Waals surface area contributed by atoms with E-state index in [-0.39, 0.29) is 35.4 Å². The average Bonchev–Trinajstić information content (AvgIpc) is 2.93. The molecule has 1 aromatic heterocycles. The number of rotatable bonds is 1. The fourth-order valence-corrected chi connectivity index (χ4v) is 1.80. The lowest BCUT2D eigenvalue weighted by molar-refractivity contribution is -0.137. The van der Waals surface area contributed by atoms with Crippen molar-refractivity contribution in [2.24, 2.45) is 0 Å². The summed E-state index contributed by atoms with van der Waals surface area (Å²) in [6.07, 6.45) is -4.55. The third-order valence-electron chi connectivity index (χ3n) is 2.62. The zero-order chi connectivity index (χ0) is 13.6. The van der Waals surface area contributed by atoms with Crippen LogP contribution in [0.25, 0.3) is 11.3 Å². The zero-order valence-electron chi connectivity index (χ0n) is 9.32. The summed E-state index contributed by atoms with van der Waals surface area (Å²) in [5.74, 6) is 0.206. The fraction of sp³-hybridized carbons (Fsp3) is 0.182. The van der Waals surface area contributed by atoms with Gasteiger partial charge in [-0.3, -0.25) is 0 Å². The van der Waals surface area contributed by atoms with Crippen LogP contribution in [0.15, 0.2) is 22.7 Å². The highest BCUT2D eigenvalue weighted by Gasteiger charge is 2.36. The van der Waals surface area contributed by atoms with Gasteiger partial charge in [-0.25, -0.2) is 0 Å². The van der Waals surface area contributed by atoms with Gasteiger partial charge in [0.1, 0.15) is 5.69 Å². The van der Waals surface area contributed by atoms with Crippen LogP contribution in [0.2, 0.25) is 0 Å². The van der Waals surface area contributed by atoms with Crippen molar-refractivity contribution >= 4 is 5.88 Å². The molecule has 19 heavy (non-hydrogen) atoms. The first-order valence-corrected chi connectivity index (χ1v) is 5.18. The second-order valence-electron chi connectivity index (χ2n) is 3.86. The molecule has 2 N–H and O–H groups in total. The number of anilines is 1. The van der Waals surface area contributed by atoms with E-state index in [1.165, 1.54) is 12.1 Å². The van der Waals surface area contributed by atoms with Crippen LogP contribution in [0.1, 0.15) is 5.56 Å². The maximum absolute atomic E-state index is 13.0. The number of alkyl halides is 3. The maximum atomic E-state index is 13.0. The highest BCUT2D eigenvalue weighted by atomic mass is 19.4. The largest absolute Gasteiger partial charge is 0.454 e. The van der Waals surface area contributed by atoms with Crippen LogP contribution in [-0.4, -0.2) is 11.9 Å². The van der Waals surface area contributed by atoms with E-state index in [0.29, 0.717) is 0 Å². The smallest absolute Gasteiger partial charge is 0.417 e. The summed E-state index contributed by atoms with van der Waals surface area (Å²) in [5, 5.41) is 3.49. The Balaban J connectivity index is 2.22. The number of halogens is 3. The first-order valence-electron chi connectivity index (χ1n) is 5.18. The van der Waals surface area contributed by atoms with Crippen LogP contribution in [0, 0.1) is 0 Å². The van der Waals surface area contributed by atoms with Gasteiger partial charge in [0.25, 0.3) is 0 Å². The van der Waals surface area contributed by atoms with E-state index < -0.39 is 11.7 Å². The van der Waals surface area contributed by atoms with Crippen LogP contribution in [0.5, 0.6) is 11.5 Å². The monoisotopic (exact) mass is 272 g/mol. The van der Waals surface area contributed by atoms with Crippen LogP contribution < -0.4 is 15.2 Å². The highest BCUT2D eigenvalue weighted by molar-refractivity contribution is 5.70. The standard InChI is InChI=1S/C11H7F3N2O3/c12-11(13,14)6-2-9-8(17-4-18-9)1-5(6)7-3-10(15)19-16-7/h1-3H,4,15H2. The lowest BCUT2D eigenvalue weighted by Crippen LogP contribution is -2.07. The van der Waals surface area contributed by atoms with E-state index in [4.69, 9.17) is 15.2 Å². The first kappa shape index (κ1) is 11.7. The molecule has 1 aliphatic rings. The van der Waals surface area contributed by atoms with Crippen molar-refractivity contribution in [2.75, 3.05) is 12.5 Å². The van der Waals surface area contributed by atoms with Gasteiger partial charge in [-0.2, -0.15) is 13.2 Å². The van der Waals surface area contributed by atoms with E-state index in [1.54, 1.807) is 0 Å². The van der Waals surface area contributed by atoms with E-state index in [2.05, 4.69) is 9.68 Å². The molecule has 3 rings (SSSR count). The van der Waals surface area contributed by atoms with Crippen molar-refractivity contribution in [1.82, 2.24) is 5.16 Å². The molecule has 8 heteroatoms. The van der Waals surface area contributed by atoms with Crippen LogP contribution in [0.3, 0.4) is 0 Å². The summed E-state index contributed by atoms with van der Waals surface area (Å²) in [6.45, 7) is -0.114. The maximum Gasteiger partial charge on any atom is 0.417 e. The molecule has 0 bridgehead atoms. The number of fused-ring (bicyclic) bond motifs is 1. The van der Waals surface area contributed by atoms with Crippen molar-refractivity contribution in [3.8, 4) is 22.8 Å². The number of hydrogen-bond acceptors (Lipinski definition) is 5. The molecule has 0 saturated carbocycles. The molecule has 0 saturated heterocycles. The van der Waals surface area contributed by atoms with Crippen molar-refractivity contribution in [2.45, 2.75) is 6.18 Å². The average molecular weight is 272 g/mol. The number of nitrogen functional groups attached to an aromatic ring is 1. The number of nitrogens with two attached hydrogens (primary N) is 1. The van der Waals surface area contributed by atoms with E-state index >= 15 is 0 Å². The molecule has 1 aromatic carbocycles.